The van der Waals surface area contributed by atoms with E-state index < -0.39 is 10.9 Å². The van der Waals surface area contributed by atoms with Crippen LogP contribution in [0.2, 0.25) is 0 Å². The van der Waals surface area contributed by atoms with E-state index in [0.717, 1.165) is 6.42 Å². The number of rotatable bonds is 6. The van der Waals surface area contributed by atoms with Crippen LogP contribution in [-0.2, 0) is 0 Å². The van der Waals surface area contributed by atoms with Crippen molar-refractivity contribution >= 4 is 11.7 Å². The van der Waals surface area contributed by atoms with Gasteiger partial charge in [-0.1, -0.05) is 6.92 Å². The molecule has 2 rings (SSSR count). The SMILES string of the molecule is CCCOc1ccc(C(=O)Oc2ccc([N+](=O)[O-])cc2)nc1. The zero-order valence-electron chi connectivity index (χ0n) is 11.9. The summed E-state index contributed by atoms with van der Waals surface area (Å²) >= 11 is 0. The molecule has 1 heterocycles. The summed E-state index contributed by atoms with van der Waals surface area (Å²) < 4.78 is 10.5. The van der Waals surface area contributed by atoms with Crippen molar-refractivity contribution in [3.05, 3.63) is 58.4 Å². The summed E-state index contributed by atoms with van der Waals surface area (Å²) in [6.45, 7) is 2.57. The Labute approximate surface area is 126 Å². The minimum absolute atomic E-state index is 0.0738. The number of nitro benzene ring substituents is 1. The summed E-state index contributed by atoms with van der Waals surface area (Å²) in [5.74, 6) is 0.147. The molecule has 7 heteroatoms. The summed E-state index contributed by atoms with van der Waals surface area (Å²) in [5, 5.41) is 10.5. The fourth-order valence-electron chi connectivity index (χ4n) is 1.60. The molecule has 0 aliphatic carbocycles. The Morgan fingerprint density at radius 3 is 2.41 bits per heavy atom. The highest BCUT2D eigenvalue weighted by Crippen LogP contribution is 2.18. The standard InChI is InChI=1S/C15H14N2O5/c1-2-9-21-13-7-8-14(16-10-13)15(18)22-12-5-3-11(4-6-12)17(19)20/h3-8,10H,2,9H2,1H3. The number of benzene rings is 1. The first-order valence-electron chi connectivity index (χ1n) is 6.65. The highest BCUT2D eigenvalue weighted by atomic mass is 16.6. The zero-order chi connectivity index (χ0) is 15.9. The van der Waals surface area contributed by atoms with E-state index in [4.69, 9.17) is 9.47 Å². The molecule has 22 heavy (non-hydrogen) atoms. The molecule has 1 aromatic heterocycles. The molecular formula is C15H14N2O5. The van der Waals surface area contributed by atoms with Crippen LogP contribution >= 0.6 is 0 Å². The second kappa shape index (κ2) is 7.16. The van der Waals surface area contributed by atoms with Gasteiger partial charge in [0.1, 0.15) is 17.2 Å². The molecule has 0 aliphatic heterocycles. The number of pyridine rings is 1. The normalized spacial score (nSPS) is 10.0. The van der Waals surface area contributed by atoms with Crippen molar-refractivity contribution in [3.8, 4) is 11.5 Å². The monoisotopic (exact) mass is 302 g/mol. The minimum atomic E-state index is -0.643. The molecule has 1 aromatic carbocycles. The minimum Gasteiger partial charge on any atom is -0.492 e. The van der Waals surface area contributed by atoms with Gasteiger partial charge >= 0.3 is 5.97 Å². The lowest BCUT2D eigenvalue weighted by Crippen LogP contribution is -2.10. The maximum atomic E-state index is 11.9. The topological polar surface area (TPSA) is 91.6 Å². The molecule has 0 amide bonds. The van der Waals surface area contributed by atoms with E-state index in [2.05, 4.69) is 4.98 Å². The molecule has 0 atom stereocenters. The predicted molar refractivity (Wildman–Crippen MR) is 78.1 cm³/mol. The van der Waals surface area contributed by atoms with E-state index in [-0.39, 0.29) is 17.1 Å². The van der Waals surface area contributed by atoms with Gasteiger partial charge in [-0.2, -0.15) is 0 Å². The first kappa shape index (κ1) is 15.4. The fourth-order valence-corrected chi connectivity index (χ4v) is 1.60. The van der Waals surface area contributed by atoms with Crippen molar-refractivity contribution in [3.63, 3.8) is 0 Å². The third-order valence-corrected chi connectivity index (χ3v) is 2.68. The van der Waals surface area contributed by atoms with Crippen LogP contribution in [0.15, 0.2) is 42.6 Å². The molecule has 0 saturated heterocycles. The van der Waals surface area contributed by atoms with E-state index in [0.29, 0.717) is 12.4 Å². The molecule has 0 unspecified atom stereocenters. The summed E-state index contributed by atoms with van der Waals surface area (Å²) in [6.07, 6.45) is 2.33. The van der Waals surface area contributed by atoms with Gasteiger partial charge in [0, 0.05) is 12.1 Å². The molecule has 7 nitrogen and oxygen atoms in total. The lowest BCUT2D eigenvalue weighted by Gasteiger charge is -2.05. The van der Waals surface area contributed by atoms with Crippen molar-refractivity contribution in [2.45, 2.75) is 13.3 Å². The van der Waals surface area contributed by atoms with E-state index in [1.54, 1.807) is 6.07 Å². The van der Waals surface area contributed by atoms with Gasteiger partial charge in [0.25, 0.3) is 5.69 Å². The molecule has 0 N–H and O–H groups in total. The van der Waals surface area contributed by atoms with Gasteiger partial charge < -0.3 is 9.47 Å². The van der Waals surface area contributed by atoms with Crippen molar-refractivity contribution < 1.29 is 19.2 Å². The van der Waals surface area contributed by atoms with Crippen LogP contribution in [0, 0.1) is 10.1 Å². The van der Waals surface area contributed by atoms with Crippen LogP contribution in [0.25, 0.3) is 0 Å². The first-order chi connectivity index (χ1) is 10.6. The average molecular weight is 302 g/mol. The molecule has 114 valence electrons. The Kier molecular flexibility index (Phi) is 5.02. The number of ether oxygens (including phenoxy) is 2. The van der Waals surface area contributed by atoms with Crippen molar-refractivity contribution in [1.29, 1.82) is 0 Å². The predicted octanol–water partition coefficient (Wildman–Crippen LogP) is 3.00. The van der Waals surface area contributed by atoms with Crippen molar-refractivity contribution in [2.75, 3.05) is 6.61 Å². The third kappa shape index (κ3) is 4.02. The number of carbonyl (C=O) groups excluding carboxylic acids is 1. The quantitative estimate of drug-likeness (QED) is 0.352. The molecule has 0 radical (unpaired) electrons. The number of nitro groups is 1. The Morgan fingerprint density at radius 2 is 1.86 bits per heavy atom. The number of aromatic nitrogens is 1. The van der Waals surface area contributed by atoms with Gasteiger partial charge in [0.05, 0.1) is 17.7 Å². The van der Waals surface area contributed by atoms with Crippen LogP contribution in [-0.4, -0.2) is 22.5 Å². The number of nitrogens with zero attached hydrogens (tertiary/aromatic N) is 2. The maximum Gasteiger partial charge on any atom is 0.362 e. The Bertz CT molecular complexity index is 653. The zero-order valence-corrected chi connectivity index (χ0v) is 11.9. The molecule has 0 fully saturated rings. The number of esters is 1. The summed E-state index contributed by atoms with van der Waals surface area (Å²) in [6, 6.07) is 8.37. The van der Waals surface area contributed by atoms with Gasteiger partial charge in [-0.3, -0.25) is 10.1 Å². The van der Waals surface area contributed by atoms with E-state index >= 15 is 0 Å². The number of non-ortho nitro benzene ring substituents is 1. The smallest absolute Gasteiger partial charge is 0.362 e. The van der Waals surface area contributed by atoms with Crippen LogP contribution in [0.4, 0.5) is 5.69 Å². The largest absolute Gasteiger partial charge is 0.492 e. The highest BCUT2D eigenvalue weighted by Gasteiger charge is 2.12. The Morgan fingerprint density at radius 1 is 1.18 bits per heavy atom. The van der Waals surface area contributed by atoms with Gasteiger partial charge in [0.15, 0.2) is 0 Å². The molecular weight excluding hydrogens is 288 g/mol. The molecule has 0 spiro atoms. The maximum absolute atomic E-state index is 11.9. The molecule has 0 bridgehead atoms. The van der Waals surface area contributed by atoms with Crippen LogP contribution < -0.4 is 9.47 Å². The fraction of sp³-hybridized carbons (Fsp3) is 0.200. The van der Waals surface area contributed by atoms with Crippen LogP contribution in [0.1, 0.15) is 23.8 Å². The molecule has 2 aromatic rings. The number of carbonyl (C=O) groups is 1. The van der Waals surface area contributed by atoms with Crippen molar-refractivity contribution in [1.82, 2.24) is 4.98 Å². The van der Waals surface area contributed by atoms with E-state index in [1.165, 1.54) is 36.5 Å². The van der Waals surface area contributed by atoms with Crippen LogP contribution in [0.5, 0.6) is 11.5 Å². The van der Waals surface area contributed by atoms with Crippen LogP contribution in [0.3, 0.4) is 0 Å². The Hall–Kier alpha value is -2.96. The number of hydrogen-bond acceptors (Lipinski definition) is 6. The second-order valence-corrected chi connectivity index (χ2v) is 4.37. The van der Waals surface area contributed by atoms with Gasteiger partial charge in [-0.05, 0) is 30.7 Å². The Balaban J connectivity index is 2.00. The van der Waals surface area contributed by atoms with E-state index in [9.17, 15) is 14.9 Å². The summed E-state index contributed by atoms with van der Waals surface area (Å²) in [4.78, 5) is 25.9. The molecule has 0 aliphatic rings. The first-order valence-corrected chi connectivity index (χ1v) is 6.65. The van der Waals surface area contributed by atoms with Gasteiger partial charge in [-0.25, -0.2) is 9.78 Å². The summed E-state index contributed by atoms with van der Waals surface area (Å²) in [5.41, 5.74) is 0.0533. The van der Waals surface area contributed by atoms with Crippen molar-refractivity contribution in [2.24, 2.45) is 0 Å². The summed E-state index contributed by atoms with van der Waals surface area (Å²) in [7, 11) is 0. The lowest BCUT2D eigenvalue weighted by atomic mass is 10.3. The molecule has 0 saturated carbocycles. The second-order valence-electron chi connectivity index (χ2n) is 4.37. The van der Waals surface area contributed by atoms with Gasteiger partial charge in [0.2, 0.25) is 0 Å². The third-order valence-electron chi connectivity index (χ3n) is 2.68. The van der Waals surface area contributed by atoms with Gasteiger partial charge in [-0.15, -0.1) is 0 Å². The lowest BCUT2D eigenvalue weighted by molar-refractivity contribution is -0.384. The highest BCUT2D eigenvalue weighted by molar-refractivity contribution is 5.89. The number of hydrogen-bond donors (Lipinski definition) is 0. The average Bonchev–Trinajstić information content (AvgIpc) is 2.54. The van der Waals surface area contributed by atoms with E-state index in [1.807, 2.05) is 6.92 Å².